The average Bonchev–Trinajstić information content (AvgIpc) is 3.03. The van der Waals surface area contributed by atoms with E-state index in [9.17, 15) is 22.4 Å². The van der Waals surface area contributed by atoms with Crippen molar-refractivity contribution in [1.29, 1.82) is 0 Å². The van der Waals surface area contributed by atoms with Gasteiger partial charge in [0.1, 0.15) is 18.4 Å². The lowest BCUT2D eigenvalue weighted by Gasteiger charge is -2.34. The van der Waals surface area contributed by atoms with E-state index in [1.54, 1.807) is 42.5 Å². The second kappa shape index (κ2) is 15.5. The Kier molecular flexibility index (Phi) is 11.5. The van der Waals surface area contributed by atoms with Gasteiger partial charge in [0, 0.05) is 24.5 Å². The number of benzene rings is 4. The summed E-state index contributed by atoms with van der Waals surface area (Å²) in [5.74, 6) is -1.51. The minimum absolute atomic E-state index is 0.000728. The van der Waals surface area contributed by atoms with Gasteiger partial charge in [0.15, 0.2) is 0 Å². The fourth-order valence-corrected chi connectivity index (χ4v) is 6.40. The molecule has 0 radical (unpaired) electrons. The van der Waals surface area contributed by atoms with Crippen LogP contribution in [0.4, 0.5) is 10.1 Å². The molecule has 0 spiro atoms. The molecule has 230 valence electrons. The number of nitrogens with zero attached hydrogens (tertiary/aromatic N) is 2. The normalized spacial score (nSPS) is 11.9. The summed E-state index contributed by atoms with van der Waals surface area (Å²) in [5, 5.41) is 3.41. The van der Waals surface area contributed by atoms with Crippen LogP contribution in [0, 0.1) is 5.82 Å². The fourth-order valence-electron chi connectivity index (χ4n) is 4.75. The molecule has 4 aromatic carbocycles. The van der Waals surface area contributed by atoms with Gasteiger partial charge in [0.25, 0.3) is 10.0 Å². The third-order valence-corrected chi connectivity index (χ3v) is 9.09. The van der Waals surface area contributed by atoms with Gasteiger partial charge in [-0.25, -0.2) is 12.8 Å². The van der Waals surface area contributed by atoms with Crippen molar-refractivity contribution < 1.29 is 22.4 Å². The molecule has 0 unspecified atom stereocenters. The van der Waals surface area contributed by atoms with Crippen molar-refractivity contribution >= 4 is 39.1 Å². The zero-order valence-corrected chi connectivity index (χ0v) is 26.0. The van der Waals surface area contributed by atoms with Crippen molar-refractivity contribution in [2.24, 2.45) is 0 Å². The summed E-state index contributed by atoms with van der Waals surface area (Å²) in [6.45, 7) is 1.82. The highest BCUT2D eigenvalue weighted by atomic mass is 35.5. The van der Waals surface area contributed by atoms with Crippen molar-refractivity contribution in [2.45, 2.75) is 43.7 Å². The molecule has 0 aliphatic heterocycles. The maximum absolute atomic E-state index is 14.4. The predicted octanol–water partition coefficient (Wildman–Crippen LogP) is 6.23. The van der Waals surface area contributed by atoms with Crippen LogP contribution in [-0.2, 0) is 32.6 Å². The second-order valence-electron chi connectivity index (χ2n) is 10.3. The minimum atomic E-state index is -4.26. The van der Waals surface area contributed by atoms with Crippen LogP contribution in [0.1, 0.15) is 30.9 Å². The molecule has 1 N–H and O–H groups in total. The van der Waals surface area contributed by atoms with E-state index in [4.69, 9.17) is 11.6 Å². The Labute approximate surface area is 263 Å². The lowest BCUT2D eigenvalue weighted by Crippen LogP contribution is -2.53. The average molecular weight is 636 g/mol. The fraction of sp³-hybridized carbons (Fsp3) is 0.235. The van der Waals surface area contributed by atoms with E-state index in [1.165, 1.54) is 29.2 Å². The minimum Gasteiger partial charge on any atom is -0.354 e. The first-order valence-corrected chi connectivity index (χ1v) is 16.2. The van der Waals surface area contributed by atoms with Crippen LogP contribution in [-0.4, -0.2) is 44.3 Å². The van der Waals surface area contributed by atoms with Crippen LogP contribution >= 0.6 is 11.6 Å². The molecule has 0 heterocycles. The molecule has 0 fully saturated rings. The standard InChI is InChI=1S/C34H35ClFN3O4S/c1-2-3-21-37-34(41)32(23-26-11-6-4-7-12-26)38(24-27-13-10-14-28(35)22-27)33(40)25-39(30-19-17-29(36)18-20-30)44(42,43)31-15-8-5-9-16-31/h4-20,22,32H,2-3,21,23-25H2,1H3,(H,37,41)/t32-/m0/s1. The highest BCUT2D eigenvalue weighted by Crippen LogP contribution is 2.25. The van der Waals surface area contributed by atoms with E-state index in [0.29, 0.717) is 17.1 Å². The maximum atomic E-state index is 14.4. The summed E-state index contributed by atoms with van der Waals surface area (Å²) in [5.41, 5.74) is 1.61. The summed E-state index contributed by atoms with van der Waals surface area (Å²) in [7, 11) is -4.26. The Morgan fingerprint density at radius 2 is 1.50 bits per heavy atom. The molecule has 0 aliphatic carbocycles. The Morgan fingerprint density at radius 3 is 2.14 bits per heavy atom. The monoisotopic (exact) mass is 635 g/mol. The van der Waals surface area contributed by atoms with Gasteiger partial charge in [-0.1, -0.05) is 85.6 Å². The van der Waals surface area contributed by atoms with Gasteiger partial charge in [-0.2, -0.15) is 0 Å². The SMILES string of the molecule is CCCCNC(=O)[C@H](Cc1ccccc1)N(Cc1cccc(Cl)c1)C(=O)CN(c1ccc(F)cc1)S(=O)(=O)c1ccccc1. The van der Waals surface area contributed by atoms with Gasteiger partial charge in [-0.3, -0.25) is 13.9 Å². The number of unbranched alkanes of at least 4 members (excludes halogenated alkanes) is 1. The van der Waals surface area contributed by atoms with E-state index in [2.05, 4.69) is 5.32 Å². The molecule has 0 aliphatic rings. The number of sulfonamides is 1. The highest BCUT2D eigenvalue weighted by molar-refractivity contribution is 7.92. The van der Waals surface area contributed by atoms with E-state index < -0.39 is 34.3 Å². The Bertz CT molecular complexity index is 1640. The zero-order valence-electron chi connectivity index (χ0n) is 24.4. The van der Waals surface area contributed by atoms with Crippen molar-refractivity contribution in [3.05, 3.63) is 131 Å². The number of carbonyl (C=O) groups excluding carboxylic acids is 2. The molecule has 44 heavy (non-hydrogen) atoms. The lowest BCUT2D eigenvalue weighted by atomic mass is 10.0. The topological polar surface area (TPSA) is 86.8 Å². The van der Waals surface area contributed by atoms with Crippen LogP contribution in [0.5, 0.6) is 0 Å². The first kappa shape index (κ1) is 32.7. The molecule has 7 nitrogen and oxygen atoms in total. The van der Waals surface area contributed by atoms with E-state index in [1.807, 2.05) is 37.3 Å². The van der Waals surface area contributed by atoms with Gasteiger partial charge in [-0.05, 0) is 66.1 Å². The molecule has 0 saturated heterocycles. The predicted molar refractivity (Wildman–Crippen MR) is 171 cm³/mol. The Morgan fingerprint density at radius 1 is 0.864 bits per heavy atom. The number of carbonyl (C=O) groups is 2. The van der Waals surface area contributed by atoms with Gasteiger partial charge >= 0.3 is 0 Å². The van der Waals surface area contributed by atoms with Crippen molar-refractivity contribution in [3.63, 3.8) is 0 Å². The molecule has 1 atom stereocenters. The molecule has 0 bridgehead atoms. The number of rotatable bonds is 14. The third kappa shape index (κ3) is 8.67. The summed E-state index contributed by atoms with van der Waals surface area (Å²) in [6.07, 6.45) is 1.84. The zero-order chi connectivity index (χ0) is 31.5. The van der Waals surface area contributed by atoms with Gasteiger partial charge < -0.3 is 10.2 Å². The second-order valence-corrected chi connectivity index (χ2v) is 12.6. The number of nitrogens with one attached hydrogen (secondary N) is 1. The third-order valence-electron chi connectivity index (χ3n) is 7.07. The molecule has 2 amide bonds. The first-order valence-electron chi connectivity index (χ1n) is 14.4. The smallest absolute Gasteiger partial charge is 0.264 e. The maximum Gasteiger partial charge on any atom is 0.264 e. The number of hydrogen-bond acceptors (Lipinski definition) is 4. The van der Waals surface area contributed by atoms with Crippen molar-refractivity contribution in [2.75, 3.05) is 17.4 Å². The largest absolute Gasteiger partial charge is 0.354 e. The van der Waals surface area contributed by atoms with Gasteiger partial charge in [0.2, 0.25) is 11.8 Å². The molecule has 4 rings (SSSR count). The quantitative estimate of drug-likeness (QED) is 0.166. The summed E-state index contributed by atoms with van der Waals surface area (Å²) >= 11 is 6.27. The van der Waals surface area contributed by atoms with Crippen molar-refractivity contribution in [3.8, 4) is 0 Å². The molecular formula is C34H35ClFN3O4S. The number of amides is 2. The van der Waals surface area contributed by atoms with Gasteiger partial charge in [-0.15, -0.1) is 0 Å². The van der Waals surface area contributed by atoms with E-state index in [0.717, 1.165) is 34.8 Å². The van der Waals surface area contributed by atoms with Crippen LogP contribution in [0.15, 0.2) is 114 Å². The number of halogens is 2. The first-order chi connectivity index (χ1) is 21.2. The molecule has 4 aromatic rings. The number of anilines is 1. The van der Waals surface area contributed by atoms with Crippen LogP contribution in [0.25, 0.3) is 0 Å². The molecule has 10 heteroatoms. The van der Waals surface area contributed by atoms with E-state index in [-0.39, 0.29) is 29.5 Å². The Hall–Kier alpha value is -4.21. The summed E-state index contributed by atoms with van der Waals surface area (Å²) in [4.78, 5) is 29.5. The van der Waals surface area contributed by atoms with Crippen LogP contribution in [0.3, 0.4) is 0 Å². The van der Waals surface area contributed by atoms with Crippen LogP contribution < -0.4 is 9.62 Å². The molecular weight excluding hydrogens is 601 g/mol. The lowest BCUT2D eigenvalue weighted by molar-refractivity contribution is -0.140. The molecule has 0 aromatic heterocycles. The number of hydrogen-bond donors (Lipinski definition) is 1. The summed E-state index contributed by atoms with van der Waals surface area (Å²) in [6, 6.07) is 27.9. The Balaban J connectivity index is 1.78. The van der Waals surface area contributed by atoms with Crippen molar-refractivity contribution in [1.82, 2.24) is 10.2 Å². The molecule has 0 saturated carbocycles. The van der Waals surface area contributed by atoms with Crippen LogP contribution in [0.2, 0.25) is 5.02 Å². The van der Waals surface area contributed by atoms with Gasteiger partial charge in [0.05, 0.1) is 10.6 Å². The summed E-state index contributed by atoms with van der Waals surface area (Å²) < 4.78 is 42.6. The highest BCUT2D eigenvalue weighted by Gasteiger charge is 2.34. The van der Waals surface area contributed by atoms with E-state index >= 15 is 0 Å².